The van der Waals surface area contributed by atoms with E-state index in [0.717, 1.165) is 10.6 Å². The summed E-state index contributed by atoms with van der Waals surface area (Å²) in [5.41, 5.74) is 1.46. The Balaban J connectivity index is 1.70. The third-order valence-corrected chi connectivity index (χ3v) is 5.49. The molecule has 1 fully saturated rings. The van der Waals surface area contributed by atoms with Crippen LogP contribution in [0.2, 0.25) is 0 Å². The van der Waals surface area contributed by atoms with Crippen LogP contribution in [0.5, 0.6) is 0 Å². The zero-order valence-corrected chi connectivity index (χ0v) is 17.1. The molecule has 0 radical (unpaired) electrons. The van der Waals surface area contributed by atoms with Crippen molar-refractivity contribution in [2.24, 2.45) is 4.99 Å². The van der Waals surface area contributed by atoms with Crippen LogP contribution in [-0.4, -0.2) is 77.1 Å². The molecule has 1 aliphatic rings. The maximum atomic E-state index is 12.5. The summed E-state index contributed by atoms with van der Waals surface area (Å²) in [6, 6.07) is 5.63. The highest BCUT2D eigenvalue weighted by atomic mass is 32.1. The first-order valence-corrected chi connectivity index (χ1v) is 9.98. The zero-order chi connectivity index (χ0) is 20.1. The van der Waals surface area contributed by atoms with Gasteiger partial charge in [-0.1, -0.05) is 6.07 Å². The molecule has 0 bridgehead atoms. The summed E-state index contributed by atoms with van der Waals surface area (Å²) < 4.78 is 0. The molecule has 1 N–H and O–H groups in total. The van der Waals surface area contributed by atoms with Crippen molar-refractivity contribution in [1.29, 1.82) is 0 Å². The number of nitrogens with one attached hydrogen (secondary N) is 1. The van der Waals surface area contributed by atoms with Crippen LogP contribution in [0.4, 0.5) is 5.82 Å². The standard InChI is InChI=1S/C19H24N6O2S/c1-13(20-3)15-11-17(23-19(21-15)16-5-4-10-28-16)22-18(27)12-24-6-8-25(9-7-24)14(2)26/h4-5,10-11H,6-9,12H2,1-3H3,(H,21,22,23,27)/b20-13+. The molecule has 1 saturated heterocycles. The first-order chi connectivity index (χ1) is 13.5. The van der Waals surface area contributed by atoms with E-state index in [1.165, 1.54) is 0 Å². The fourth-order valence-corrected chi connectivity index (χ4v) is 3.59. The van der Waals surface area contributed by atoms with Gasteiger partial charge in [-0.25, -0.2) is 9.97 Å². The van der Waals surface area contributed by atoms with Crippen LogP contribution in [0.3, 0.4) is 0 Å². The number of thiophene rings is 1. The molecule has 3 rings (SSSR count). The topological polar surface area (TPSA) is 90.8 Å². The second kappa shape index (κ2) is 9.03. The maximum Gasteiger partial charge on any atom is 0.239 e. The Bertz CT molecular complexity index is 873. The molecule has 0 aliphatic carbocycles. The van der Waals surface area contributed by atoms with Gasteiger partial charge in [0.1, 0.15) is 5.82 Å². The number of amides is 2. The Morgan fingerprint density at radius 3 is 2.57 bits per heavy atom. The number of piperazine rings is 1. The van der Waals surface area contributed by atoms with Crippen molar-refractivity contribution in [2.45, 2.75) is 13.8 Å². The molecule has 0 atom stereocenters. The van der Waals surface area contributed by atoms with Crippen LogP contribution in [0.1, 0.15) is 19.5 Å². The van der Waals surface area contributed by atoms with Crippen LogP contribution in [-0.2, 0) is 9.59 Å². The van der Waals surface area contributed by atoms with Gasteiger partial charge >= 0.3 is 0 Å². The molecule has 0 unspecified atom stereocenters. The summed E-state index contributed by atoms with van der Waals surface area (Å²) in [5.74, 6) is 0.973. The Kier molecular flexibility index (Phi) is 6.48. The average molecular weight is 401 g/mol. The molecule has 3 heterocycles. The van der Waals surface area contributed by atoms with Crippen molar-refractivity contribution in [3.05, 3.63) is 29.3 Å². The van der Waals surface area contributed by atoms with Gasteiger partial charge in [-0.2, -0.15) is 0 Å². The monoisotopic (exact) mass is 400 g/mol. The van der Waals surface area contributed by atoms with Crippen LogP contribution < -0.4 is 5.32 Å². The number of rotatable bonds is 5. The SMILES string of the molecule is C/N=C(\C)c1cc(NC(=O)CN2CCN(C(C)=O)CC2)nc(-c2cccs2)n1. The fraction of sp³-hybridized carbons (Fsp3) is 0.421. The molecule has 0 aromatic carbocycles. The molecule has 2 amide bonds. The van der Waals surface area contributed by atoms with Crippen molar-refractivity contribution in [3.8, 4) is 10.7 Å². The lowest BCUT2D eigenvalue weighted by Crippen LogP contribution is -2.49. The molecule has 2 aromatic rings. The first kappa shape index (κ1) is 20.1. The molecule has 0 saturated carbocycles. The second-order valence-electron chi connectivity index (χ2n) is 6.58. The van der Waals surface area contributed by atoms with Crippen molar-refractivity contribution < 1.29 is 9.59 Å². The van der Waals surface area contributed by atoms with Crippen molar-refractivity contribution in [2.75, 3.05) is 45.1 Å². The molecular formula is C19H24N6O2S. The Hall–Kier alpha value is -2.65. The van der Waals surface area contributed by atoms with Gasteiger partial charge in [0.25, 0.3) is 0 Å². The summed E-state index contributed by atoms with van der Waals surface area (Å²) in [6.07, 6.45) is 0. The van der Waals surface area contributed by atoms with Crippen LogP contribution in [0, 0.1) is 0 Å². The summed E-state index contributed by atoms with van der Waals surface area (Å²) in [7, 11) is 1.71. The van der Waals surface area contributed by atoms with Crippen molar-refractivity contribution in [1.82, 2.24) is 19.8 Å². The van der Waals surface area contributed by atoms with Crippen molar-refractivity contribution in [3.63, 3.8) is 0 Å². The molecule has 0 spiro atoms. The average Bonchev–Trinajstić information content (AvgIpc) is 3.22. The number of carbonyl (C=O) groups excluding carboxylic acids is 2. The smallest absolute Gasteiger partial charge is 0.239 e. The van der Waals surface area contributed by atoms with Gasteiger partial charge in [-0.3, -0.25) is 19.5 Å². The normalized spacial score (nSPS) is 15.5. The van der Waals surface area contributed by atoms with Gasteiger partial charge in [0, 0.05) is 46.2 Å². The largest absolute Gasteiger partial charge is 0.340 e. The van der Waals surface area contributed by atoms with E-state index in [9.17, 15) is 9.59 Å². The summed E-state index contributed by atoms with van der Waals surface area (Å²) >= 11 is 1.54. The summed E-state index contributed by atoms with van der Waals surface area (Å²) in [5, 5.41) is 4.85. The molecule has 28 heavy (non-hydrogen) atoms. The fourth-order valence-electron chi connectivity index (χ4n) is 2.93. The number of hydrogen-bond donors (Lipinski definition) is 1. The number of hydrogen-bond acceptors (Lipinski definition) is 7. The van der Waals surface area contributed by atoms with Crippen LogP contribution in [0.25, 0.3) is 10.7 Å². The molecule has 2 aromatic heterocycles. The Labute approximate surface area is 168 Å². The Morgan fingerprint density at radius 1 is 1.21 bits per heavy atom. The third-order valence-electron chi connectivity index (χ3n) is 4.63. The van der Waals surface area contributed by atoms with Gasteiger partial charge in [0.15, 0.2) is 5.82 Å². The predicted molar refractivity (Wildman–Crippen MR) is 111 cm³/mol. The van der Waals surface area contributed by atoms with E-state index in [1.54, 1.807) is 36.3 Å². The summed E-state index contributed by atoms with van der Waals surface area (Å²) in [6.45, 7) is 6.38. The predicted octanol–water partition coefficient (Wildman–Crippen LogP) is 1.75. The van der Waals surface area contributed by atoms with E-state index in [0.29, 0.717) is 43.5 Å². The van der Waals surface area contributed by atoms with Gasteiger partial charge < -0.3 is 10.2 Å². The van der Waals surface area contributed by atoms with E-state index in [4.69, 9.17) is 0 Å². The van der Waals surface area contributed by atoms with E-state index < -0.39 is 0 Å². The number of aliphatic imine (C=N–C) groups is 1. The molecule has 9 heteroatoms. The van der Waals surface area contributed by atoms with Gasteiger partial charge in [-0.05, 0) is 18.4 Å². The van der Waals surface area contributed by atoms with E-state index in [1.807, 2.05) is 29.3 Å². The molecule has 8 nitrogen and oxygen atoms in total. The quantitative estimate of drug-likeness (QED) is 0.772. The lowest BCUT2D eigenvalue weighted by atomic mass is 10.2. The Morgan fingerprint density at radius 2 is 1.96 bits per heavy atom. The third kappa shape index (κ3) is 4.99. The minimum Gasteiger partial charge on any atom is -0.340 e. The van der Waals surface area contributed by atoms with E-state index >= 15 is 0 Å². The van der Waals surface area contributed by atoms with Gasteiger partial charge in [0.05, 0.1) is 22.8 Å². The molecular weight excluding hydrogens is 376 g/mol. The minimum absolute atomic E-state index is 0.0756. The number of nitrogens with zero attached hydrogens (tertiary/aromatic N) is 5. The zero-order valence-electron chi connectivity index (χ0n) is 16.3. The lowest BCUT2D eigenvalue weighted by molar-refractivity contribution is -0.130. The lowest BCUT2D eigenvalue weighted by Gasteiger charge is -2.33. The van der Waals surface area contributed by atoms with Crippen molar-refractivity contribution >= 4 is 34.7 Å². The maximum absolute atomic E-state index is 12.5. The first-order valence-electron chi connectivity index (χ1n) is 9.10. The van der Waals surface area contributed by atoms with E-state index in [2.05, 4.69) is 20.3 Å². The van der Waals surface area contributed by atoms with Crippen LogP contribution in [0.15, 0.2) is 28.6 Å². The highest BCUT2D eigenvalue weighted by molar-refractivity contribution is 7.13. The molecule has 1 aliphatic heterocycles. The van der Waals surface area contributed by atoms with Gasteiger partial charge in [-0.15, -0.1) is 11.3 Å². The summed E-state index contributed by atoms with van der Waals surface area (Å²) in [4.78, 5) is 42.0. The number of anilines is 1. The molecule has 148 valence electrons. The highest BCUT2D eigenvalue weighted by Gasteiger charge is 2.20. The number of aromatic nitrogens is 2. The van der Waals surface area contributed by atoms with E-state index in [-0.39, 0.29) is 18.4 Å². The minimum atomic E-state index is -0.135. The number of carbonyl (C=O) groups is 2. The second-order valence-corrected chi connectivity index (χ2v) is 7.53. The highest BCUT2D eigenvalue weighted by Crippen LogP contribution is 2.23. The van der Waals surface area contributed by atoms with Crippen LogP contribution >= 0.6 is 11.3 Å². The van der Waals surface area contributed by atoms with Gasteiger partial charge in [0.2, 0.25) is 11.8 Å².